The molecule has 100 valence electrons. The van der Waals surface area contributed by atoms with Crippen molar-refractivity contribution in [3.8, 4) is 0 Å². The third-order valence-electron chi connectivity index (χ3n) is 2.97. The maximum atomic E-state index is 11.8. The minimum Gasteiger partial charge on any atom is -0.351 e. The quantitative estimate of drug-likeness (QED) is 0.807. The second-order valence-corrected chi connectivity index (χ2v) is 4.40. The van der Waals surface area contributed by atoms with Crippen LogP contribution in [0.3, 0.4) is 0 Å². The van der Waals surface area contributed by atoms with Crippen LogP contribution in [0.15, 0.2) is 42.6 Å². The lowest BCUT2D eigenvalue weighted by Crippen LogP contribution is -2.25. The molecular weight excluding hydrogens is 238 g/mol. The number of hydrogen-bond donors (Lipinski definition) is 1. The van der Waals surface area contributed by atoms with Crippen LogP contribution in [-0.4, -0.2) is 22.2 Å². The van der Waals surface area contributed by atoms with E-state index in [0.29, 0.717) is 12.2 Å². The Labute approximate surface area is 113 Å². The summed E-state index contributed by atoms with van der Waals surface area (Å²) in [6.45, 7) is 3.45. The molecule has 0 aliphatic rings. The van der Waals surface area contributed by atoms with Crippen molar-refractivity contribution < 1.29 is 4.79 Å². The molecule has 0 fully saturated rings. The van der Waals surface area contributed by atoms with Crippen LogP contribution in [0.25, 0.3) is 0 Å². The molecule has 0 saturated carbocycles. The Bertz CT molecular complexity index is 519. The number of aryl methyl sites for hydroxylation is 2. The third-order valence-corrected chi connectivity index (χ3v) is 2.97. The summed E-state index contributed by atoms with van der Waals surface area (Å²) >= 11 is 0. The van der Waals surface area contributed by atoms with Crippen LogP contribution >= 0.6 is 0 Å². The number of rotatable bonds is 6. The number of benzene rings is 1. The zero-order chi connectivity index (χ0) is 13.5. The average molecular weight is 257 g/mol. The Morgan fingerprint density at radius 2 is 2.05 bits per heavy atom. The molecule has 1 amide bonds. The lowest BCUT2D eigenvalue weighted by Gasteiger charge is -2.03. The van der Waals surface area contributed by atoms with Gasteiger partial charge in [-0.2, -0.15) is 5.10 Å². The number of nitrogens with zero attached hydrogens (tertiary/aromatic N) is 2. The number of carbonyl (C=O) groups excluding carboxylic acids is 1. The zero-order valence-corrected chi connectivity index (χ0v) is 11.2. The van der Waals surface area contributed by atoms with Gasteiger partial charge in [0, 0.05) is 19.3 Å². The summed E-state index contributed by atoms with van der Waals surface area (Å²) < 4.78 is 1.75. The van der Waals surface area contributed by atoms with Crippen LogP contribution in [0.1, 0.15) is 29.4 Å². The van der Waals surface area contributed by atoms with Gasteiger partial charge < -0.3 is 5.32 Å². The Kier molecular flexibility index (Phi) is 4.72. The summed E-state index contributed by atoms with van der Waals surface area (Å²) in [5, 5.41) is 7.06. The predicted molar refractivity (Wildman–Crippen MR) is 75.0 cm³/mol. The van der Waals surface area contributed by atoms with Gasteiger partial charge in [0.15, 0.2) is 0 Å². The van der Waals surface area contributed by atoms with E-state index >= 15 is 0 Å². The molecule has 0 spiro atoms. The van der Waals surface area contributed by atoms with Crippen molar-refractivity contribution in [2.45, 2.75) is 26.3 Å². The van der Waals surface area contributed by atoms with Gasteiger partial charge in [-0.15, -0.1) is 0 Å². The van der Waals surface area contributed by atoms with E-state index in [2.05, 4.69) is 22.5 Å². The maximum absolute atomic E-state index is 11.8. The van der Waals surface area contributed by atoms with Gasteiger partial charge in [-0.1, -0.05) is 30.3 Å². The first kappa shape index (κ1) is 13.3. The van der Waals surface area contributed by atoms with Crippen molar-refractivity contribution in [3.63, 3.8) is 0 Å². The molecule has 1 aromatic heterocycles. The van der Waals surface area contributed by atoms with Crippen molar-refractivity contribution in [2.24, 2.45) is 0 Å². The Hall–Kier alpha value is -2.10. The molecule has 0 aliphatic carbocycles. The molecule has 0 unspecified atom stereocenters. The molecule has 0 radical (unpaired) electrons. The Balaban J connectivity index is 1.72. The highest BCUT2D eigenvalue weighted by Crippen LogP contribution is 2.02. The molecule has 1 N–H and O–H groups in total. The standard InChI is InChI=1S/C15H19N3O/c1-2-18-12-10-14(17-18)15(19)16-11-6-9-13-7-4-3-5-8-13/h3-5,7-8,10,12H,2,6,9,11H2,1H3,(H,16,19). The van der Waals surface area contributed by atoms with E-state index in [9.17, 15) is 4.79 Å². The fourth-order valence-electron chi connectivity index (χ4n) is 1.89. The molecule has 1 aromatic carbocycles. The zero-order valence-electron chi connectivity index (χ0n) is 11.2. The van der Waals surface area contributed by atoms with Gasteiger partial charge in [0.2, 0.25) is 0 Å². The summed E-state index contributed by atoms with van der Waals surface area (Å²) in [6, 6.07) is 12.0. The van der Waals surface area contributed by atoms with Crippen molar-refractivity contribution in [2.75, 3.05) is 6.54 Å². The molecule has 0 bridgehead atoms. The first-order valence-corrected chi connectivity index (χ1v) is 6.65. The first-order valence-electron chi connectivity index (χ1n) is 6.65. The monoisotopic (exact) mass is 257 g/mol. The van der Waals surface area contributed by atoms with E-state index < -0.39 is 0 Å². The number of aromatic nitrogens is 2. The minimum atomic E-state index is -0.0970. The first-order chi connectivity index (χ1) is 9.29. The van der Waals surface area contributed by atoms with Gasteiger partial charge >= 0.3 is 0 Å². The van der Waals surface area contributed by atoms with Crippen molar-refractivity contribution >= 4 is 5.91 Å². The molecule has 2 aromatic rings. The summed E-state index contributed by atoms with van der Waals surface area (Å²) in [5.74, 6) is -0.0970. The van der Waals surface area contributed by atoms with Crippen LogP contribution in [0, 0.1) is 0 Å². The van der Waals surface area contributed by atoms with Crippen molar-refractivity contribution in [3.05, 3.63) is 53.9 Å². The van der Waals surface area contributed by atoms with Gasteiger partial charge in [-0.25, -0.2) is 0 Å². The SMILES string of the molecule is CCn1ccc(C(=O)NCCCc2ccccc2)n1. The molecule has 1 heterocycles. The lowest BCUT2D eigenvalue weighted by molar-refractivity contribution is 0.0947. The predicted octanol–water partition coefficient (Wildman–Crippen LogP) is 2.27. The summed E-state index contributed by atoms with van der Waals surface area (Å²) in [5.41, 5.74) is 1.79. The van der Waals surface area contributed by atoms with E-state index in [1.807, 2.05) is 31.3 Å². The fraction of sp³-hybridized carbons (Fsp3) is 0.333. The van der Waals surface area contributed by atoms with Crippen LogP contribution in [0.2, 0.25) is 0 Å². The molecule has 19 heavy (non-hydrogen) atoms. The normalized spacial score (nSPS) is 10.4. The maximum Gasteiger partial charge on any atom is 0.271 e. The van der Waals surface area contributed by atoms with Crippen LogP contribution in [0.4, 0.5) is 0 Å². The fourth-order valence-corrected chi connectivity index (χ4v) is 1.89. The number of hydrogen-bond acceptors (Lipinski definition) is 2. The largest absolute Gasteiger partial charge is 0.351 e. The second-order valence-electron chi connectivity index (χ2n) is 4.40. The number of amides is 1. The van der Waals surface area contributed by atoms with Crippen LogP contribution < -0.4 is 5.32 Å². The highest BCUT2D eigenvalue weighted by atomic mass is 16.1. The van der Waals surface area contributed by atoms with E-state index in [1.54, 1.807) is 10.7 Å². The molecule has 0 aliphatic heterocycles. The topological polar surface area (TPSA) is 46.9 Å². The number of carbonyl (C=O) groups is 1. The van der Waals surface area contributed by atoms with Crippen molar-refractivity contribution in [1.82, 2.24) is 15.1 Å². The van der Waals surface area contributed by atoms with Crippen LogP contribution in [-0.2, 0) is 13.0 Å². The Morgan fingerprint density at radius 3 is 2.74 bits per heavy atom. The lowest BCUT2D eigenvalue weighted by atomic mass is 10.1. The average Bonchev–Trinajstić information content (AvgIpc) is 2.93. The van der Waals surface area contributed by atoms with Gasteiger partial charge in [0.25, 0.3) is 5.91 Å². The van der Waals surface area contributed by atoms with Crippen molar-refractivity contribution in [1.29, 1.82) is 0 Å². The van der Waals surface area contributed by atoms with Gasteiger partial charge in [0.05, 0.1) is 0 Å². The third kappa shape index (κ3) is 3.95. The minimum absolute atomic E-state index is 0.0970. The van der Waals surface area contributed by atoms with E-state index in [1.165, 1.54) is 5.56 Å². The van der Waals surface area contributed by atoms with Gasteiger partial charge in [0.1, 0.15) is 5.69 Å². The molecule has 2 rings (SSSR count). The van der Waals surface area contributed by atoms with E-state index in [0.717, 1.165) is 19.4 Å². The highest BCUT2D eigenvalue weighted by molar-refractivity contribution is 5.92. The van der Waals surface area contributed by atoms with Gasteiger partial charge in [-0.05, 0) is 31.4 Å². The summed E-state index contributed by atoms with van der Waals surface area (Å²) in [6.07, 6.45) is 3.73. The summed E-state index contributed by atoms with van der Waals surface area (Å²) in [4.78, 5) is 11.8. The molecule has 0 saturated heterocycles. The Morgan fingerprint density at radius 1 is 1.26 bits per heavy atom. The molecule has 0 atom stereocenters. The van der Waals surface area contributed by atoms with Crippen LogP contribution in [0.5, 0.6) is 0 Å². The highest BCUT2D eigenvalue weighted by Gasteiger charge is 2.07. The molecule has 4 heteroatoms. The molecule has 4 nitrogen and oxygen atoms in total. The summed E-state index contributed by atoms with van der Waals surface area (Å²) in [7, 11) is 0. The van der Waals surface area contributed by atoms with E-state index in [4.69, 9.17) is 0 Å². The smallest absolute Gasteiger partial charge is 0.271 e. The van der Waals surface area contributed by atoms with Gasteiger partial charge in [-0.3, -0.25) is 9.48 Å². The number of nitrogens with one attached hydrogen (secondary N) is 1. The second kappa shape index (κ2) is 6.73. The molecular formula is C15H19N3O. The van der Waals surface area contributed by atoms with E-state index in [-0.39, 0.29) is 5.91 Å².